The van der Waals surface area contributed by atoms with Gasteiger partial charge in [0.1, 0.15) is 12.3 Å². The first-order valence-electron chi connectivity index (χ1n) is 7.27. The van der Waals surface area contributed by atoms with Crippen molar-refractivity contribution in [2.75, 3.05) is 19.8 Å². The van der Waals surface area contributed by atoms with Crippen LogP contribution in [-0.2, 0) is 18.8 Å². The monoisotopic (exact) mass is 377 g/mol. The number of hydrogen-bond acceptors (Lipinski definition) is 8. The molecule has 0 aliphatic heterocycles. The minimum absolute atomic E-state index is 0.0605. The van der Waals surface area contributed by atoms with Crippen LogP contribution in [0.4, 0.5) is 0 Å². The molecule has 140 valence electrons. The van der Waals surface area contributed by atoms with Gasteiger partial charge in [-0.25, -0.2) is 10.1 Å². The Labute approximate surface area is 143 Å². The van der Waals surface area contributed by atoms with Crippen LogP contribution < -0.4 is 10.1 Å². The summed E-state index contributed by atoms with van der Waals surface area (Å²) in [6, 6.07) is 5.00. The van der Waals surface area contributed by atoms with E-state index >= 15 is 0 Å². The van der Waals surface area contributed by atoms with Crippen LogP contribution >= 0.6 is 7.60 Å². The maximum absolute atomic E-state index is 11.5. The first-order chi connectivity index (χ1) is 11.6. The summed E-state index contributed by atoms with van der Waals surface area (Å²) in [7, 11) is -5.25. The van der Waals surface area contributed by atoms with E-state index in [0.29, 0.717) is 0 Å². The Hall–Kier alpha value is -1.97. The molecule has 0 spiro atoms. The Morgan fingerprint density at radius 3 is 2.16 bits per heavy atom. The molecule has 0 heterocycles. The second-order valence-electron chi connectivity index (χ2n) is 4.66. The van der Waals surface area contributed by atoms with Crippen molar-refractivity contribution < 1.29 is 43.3 Å². The van der Waals surface area contributed by atoms with Gasteiger partial charge in [-0.05, 0) is 38.1 Å². The van der Waals surface area contributed by atoms with E-state index in [-0.39, 0.29) is 24.5 Å². The molecule has 0 saturated heterocycles. The standard InChI is InChI=1S/C14H20NO9P/c1-3-22-12(16)9-15-14(18,25(19,20)21)24-11-7-5-10(6-8-11)13(17)23-4-2/h5-8,15,18H,3-4,9H2,1-2H3,(H2,19,20,21). The molecular formula is C14H20NO9P. The second kappa shape index (κ2) is 8.93. The molecule has 1 rings (SSSR count). The number of benzene rings is 1. The number of ether oxygens (including phenoxy) is 3. The molecule has 0 radical (unpaired) electrons. The molecule has 10 nitrogen and oxygen atoms in total. The highest BCUT2D eigenvalue weighted by Crippen LogP contribution is 2.47. The molecule has 0 fully saturated rings. The summed E-state index contributed by atoms with van der Waals surface area (Å²) in [5, 5.41) is 12.0. The van der Waals surface area contributed by atoms with Crippen molar-refractivity contribution in [1.82, 2.24) is 5.32 Å². The lowest BCUT2D eigenvalue weighted by atomic mass is 10.2. The van der Waals surface area contributed by atoms with Crippen molar-refractivity contribution in [2.45, 2.75) is 19.5 Å². The maximum atomic E-state index is 11.5. The van der Waals surface area contributed by atoms with Gasteiger partial charge >= 0.3 is 25.2 Å². The van der Waals surface area contributed by atoms with Crippen molar-refractivity contribution in [3.63, 3.8) is 0 Å². The Morgan fingerprint density at radius 2 is 1.68 bits per heavy atom. The van der Waals surface area contributed by atoms with Gasteiger partial charge in [0.05, 0.1) is 18.8 Å². The van der Waals surface area contributed by atoms with Gasteiger partial charge in [0.25, 0.3) is 0 Å². The van der Waals surface area contributed by atoms with E-state index in [1.54, 1.807) is 13.8 Å². The lowest BCUT2D eigenvalue weighted by Crippen LogP contribution is -2.52. The number of aliphatic hydroxyl groups is 1. The second-order valence-corrected chi connectivity index (χ2v) is 6.35. The van der Waals surface area contributed by atoms with Crippen LogP contribution in [0.25, 0.3) is 0 Å². The minimum atomic E-state index is -5.25. The lowest BCUT2D eigenvalue weighted by molar-refractivity contribution is -0.148. The molecule has 1 aromatic rings. The van der Waals surface area contributed by atoms with Gasteiger partial charge < -0.3 is 29.1 Å². The SMILES string of the molecule is CCOC(=O)CNC(O)(Oc1ccc(C(=O)OCC)cc1)P(=O)(O)O. The number of carbonyl (C=O) groups excluding carboxylic acids is 2. The predicted octanol–water partition coefficient (Wildman–Crippen LogP) is 0.176. The van der Waals surface area contributed by atoms with Crippen LogP contribution in [0.3, 0.4) is 0 Å². The molecule has 0 bridgehead atoms. The molecule has 25 heavy (non-hydrogen) atoms. The van der Waals surface area contributed by atoms with E-state index in [0.717, 1.165) is 0 Å². The van der Waals surface area contributed by atoms with Gasteiger partial charge in [-0.1, -0.05) is 0 Å². The summed E-state index contributed by atoms with van der Waals surface area (Å²) in [6.07, 6.45) is 0. The quantitative estimate of drug-likeness (QED) is 0.266. The molecule has 0 aliphatic rings. The first kappa shape index (κ1) is 21.1. The fraction of sp³-hybridized carbons (Fsp3) is 0.429. The van der Waals surface area contributed by atoms with E-state index in [2.05, 4.69) is 4.74 Å². The average molecular weight is 377 g/mol. The Bertz CT molecular complexity index is 642. The van der Waals surface area contributed by atoms with E-state index in [1.165, 1.54) is 24.3 Å². The summed E-state index contributed by atoms with van der Waals surface area (Å²) in [5.41, 5.74) is -2.96. The third-order valence-corrected chi connectivity index (χ3v) is 3.83. The minimum Gasteiger partial charge on any atom is -0.465 e. The van der Waals surface area contributed by atoms with Crippen LogP contribution in [0, 0.1) is 0 Å². The van der Waals surface area contributed by atoms with Crippen LogP contribution in [0.1, 0.15) is 24.2 Å². The molecule has 4 N–H and O–H groups in total. The average Bonchev–Trinajstić information content (AvgIpc) is 2.53. The fourth-order valence-corrected chi connectivity index (χ4v) is 2.15. The van der Waals surface area contributed by atoms with Gasteiger partial charge in [0, 0.05) is 0 Å². The highest BCUT2D eigenvalue weighted by atomic mass is 31.2. The summed E-state index contributed by atoms with van der Waals surface area (Å²) >= 11 is 0. The summed E-state index contributed by atoms with van der Waals surface area (Å²) < 4.78 is 25.8. The van der Waals surface area contributed by atoms with E-state index in [9.17, 15) is 29.0 Å². The molecule has 0 aliphatic carbocycles. The molecule has 1 unspecified atom stereocenters. The number of rotatable bonds is 9. The normalized spacial score (nSPS) is 13.6. The first-order valence-corrected chi connectivity index (χ1v) is 8.89. The number of hydrogen-bond donors (Lipinski definition) is 4. The van der Waals surface area contributed by atoms with Crippen LogP contribution in [-0.4, -0.2) is 52.2 Å². The molecule has 0 amide bonds. The van der Waals surface area contributed by atoms with Crippen molar-refractivity contribution in [3.05, 3.63) is 29.8 Å². The van der Waals surface area contributed by atoms with Crippen molar-refractivity contribution in [3.8, 4) is 5.75 Å². The zero-order valence-corrected chi connectivity index (χ0v) is 14.6. The fourth-order valence-electron chi connectivity index (χ4n) is 1.64. The van der Waals surface area contributed by atoms with E-state index in [4.69, 9.17) is 9.47 Å². The maximum Gasteiger partial charge on any atom is 0.414 e. The summed E-state index contributed by atoms with van der Waals surface area (Å²) in [6.45, 7) is 2.74. The van der Waals surface area contributed by atoms with Crippen molar-refractivity contribution in [1.29, 1.82) is 0 Å². The molecule has 11 heteroatoms. The molecule has 0 saturated carbocycles. The van der Waals surface area contributed by atoms with E-state index in [1.807, 2.05) is 5.32 Å². The van der Waals surface area contributed by atoms with Crippen molar-refractivity contribution >= 4 is 19.5 Å². The number of esters is 2. The largest absolute Gasteiger partial charge is 0.465 e. The highest BCUT2D eigenvalue weighted by Gasteiger charge is 2.49. The number of nitrogens with one attached hydrogen (secondary N) is 1. The van der Waals surface area contributed by atoms with Gasteiger partial charge in [0.15, 0.2) is 0 Å². The summed E-state index contributed by atoms with van der Waals surface area (Å²) in [4.78, 5) is 41.4. The van der Waals surface area contributed by atoms with Crippen molar-refractivity contribution in [2.24, 2.45) is 0 Å². The van der Waals surface area contributed by atoms with E-state index < -0.39 is 31.7 Å². The van der Waals surface area contributed by atoms with Crippen LogP contribution in [0.2, 0.25) is 0 Å². The van der Waals surface area contributed by atoms with Crippen LogP contribution in [0.5, 0.6) is 5.75 Å². The predicted molar refractivity (Wildman–Crippen MR) is 84.7 cm³/mol. The molecule has 0 aromatic heterocycles. The summed E-state index contributed by atoms with van der Waals surface area (Å²) in [5.74, 6) is -1.58. The molecular weight excluding hydrogens is 357 g/mol. The zero-order valence-electron chi connectivity index (χ0n) is 13.7. The van der Waals surface area contributed by atoms with Gasteiger partial charge in [-0.2, -0.15) is 0 Å². The zero-order chi connectivity index (χ0) is 19.1. The third kappa shape index (κ3) is 6.11. The Kier molecular flexibility index (Phi) is 7.53. The smallest absolute Gasteiger partial charge is 0.414 e. The van der Waals surface area contributed by atoms with Gasteiger partial charge in [-0.15, -0.1) is 0 Å². The third-order valence-electron chi connectivity index (χ3n) is 2.79. The Morgan fingerprint density at radius 1 is 1.12 bits per heavy atom. The topological polar surface area (TPSA) is 152 Å². The van der Waals surface area contributed by atoms with Gasteiger partial charge in [0.2, 0.25) is 0 Å². The lowest BCUT2D eigenvalue weighted by Gasteiger charge is -2.29. The number of carbonyl (C=O) groups is 2. The van der Waals surface area contributed by atoms with Crippen LogP contribution in [0.15, 0.2) is 24.3 Å². The molecule has 1 aromatic carbocycles. The highest BCUT2D eigenvalue weighted by molar-refractivity contribution is 7.53. The van der Waals surface area contributed by atoms with Gasteiger partial charge in [-0.3, -0.25) is 9.36 Å². The Balaban J connectivity index is 2.90. The molecule has 1 atom stereocenters.